The monoisotopic (exact) mass is 350 g/mol. The van der Waals surface area contributed by atoms with Crippen molar-refractivity contribution >= 4 is 46.6 Å². The second kappa shape index (κ2) is 7.94. The number of anilines is 2. The molecule has 1 heterocycles. The predicted octanol–water partition coefficient (Wildman–Crippen LogP) is 3.45. The molecular formula is C15H15ClN4O2S. The summed E-state index contributed by atoms with van der Waals surface area (Å²) >= 11 is 7.43. The zero-order valence-corrected chi connectivity index (χ0v) is 14.2. The SMILES string of the molecule is CCSc1ncc(Cl)c(C(=O)Nc2ccc(NC(C)=O)cc2)n1. The van der Waals surface area contributed by atoms with Crippen LogP contribution in [0.4, 0.5) is 11.4 Å². The van der Waals surface area contributed by atoms with E-state index in [1.165, 1.54) is 24.9 Å². The Morgan fingerprint density at radius 3 is 2.35 bits per heavy atom. The first-order valence-corrected chi connectivity index (χ1v) is 8.20. The number of halogens is 1. The van der Waals surface area contributed by atoms with Gasteiger partial charge in [-0.15, -0.1) is 0 Å². The van der Waals surface area contributed by atoms with E-state index in [2.05, 4.69) is 20.6 Å². The number of aromatic nitrogens is 2. The van der Waals surface area contributed by atoms with Crippen LogP contribution >= 0.6 is 23.4 Å². The Morgan fingerprint density at radius 2 is 1.78 bits per heavy atom. The van der Waals surface area contributed by atoms with Crippen molar-refractivity contribution in [3.8, 4) is 0 Å². The van der Waals surface area contributed by atoms with Crippen LogP contribution in [-0.4, -0.2) is 27.5 Å². The van der Waals surface area contributed by atoms with Gasteiger partial charge in [0.15, 0.2) is 10.9 Å². The number of hydrogen-bond acceptors (Lipinski definition) is 5. The summed E-state index contributed by atoms with van der Waals surface area (Å²) in [6, 6.07) is 6.74. The van der Waals surface area contributed by atoms with Gasteiger partial charge in [-0.3, -0.25) is 9.59 Å². The number of benzene rings is 1. The zero-order valence-electron chi connectivity index (χ0n) is 12.6. The summed E-state index contributed by atoms with van der Waals surface area (Å²) in [5.41, 5.74) is 1.35. The maximum Gasteiger partial charge on any atom is 0.275 e. The third kappa shape index (κ3) is 4.94. The molecule has 2 N–H and O–H groups in total. The molecule has 8 heteroatoms. The van der Waals surface area contributed by atoms with Crippen molar-refractivity contribution in [2.45, 2.75) is 19.0 Å². The van der Waals surface area contributed by atoms with Gasteiger partial charge in [-0.05, 0) is 30.0 Å². The van der Waals surface area contributed by atoms with Crippen LogP contribution in [0.1, 0.15) is 24.3 Å². The van der Waals surface area contributed by atoms with E-state index < -0.39 is 5.91 Å². The minimum Gasteiger partial charge on any atom is -0.326 e. The smallest absolute Gasteiger partial charge is 0.275 e. The number of amides is 2. The fourth-order valence-corrected chi connectivity index (χ4v) is 2.46. The first-order valence-electron chi connectivity index (χ1n) is 6.84. The lowest BCUT2D eigenvalue weighted by molar-refractivity contribution is -0.114. The average molecular weight is 351 g/mol. The molecular weight excluding hydrogens is 336 g/mol. The van der Waals surface area contributed by atoms with Crippen molar-refractivity contribution in [2.24, 2.45) is 0 Å². The van der Waals surface area contributed by atoms with Crippen LogP contribution in [0.25, 0.3) is 0 Å². The molecule has 0 fully saturated rings. The number of carbonyl (C=O) groups is 2. The Bertz CT molecular complexity index is 722. The van der Waals surface area contributed by atoms with Crippen LogP contribution in [0.3, 0.4) is 0 Å². The van der Waals surface area contributed by atoms with E-state index in [9.17, 15) is 9.59 Å². The molecule has 0 saturated heterocycles. The van der Waals surface area contributed by atoms with Gasteiger partial charge in [0.25, 0.3) is 5.91 Å². The Balaban J connectivity index is 2.12. The molecule has 2 aromatic rings. The largest absolute Gasteiger partial charge is 0.326 e. The first kappa shape index (κ1) is 17.2. The van der Waals surface area contributed by atoms with Gasteiger partial charge in [-0.2, -0.15) is 0 Å². The van der Waals surface area contributed by atoms with Gasteiger partial charge in [-0.25, -0.2) is 9.97 Å². The van der Waals surface area contributed by atoms with Crippen molar-refractivity contribution in [3.05, 3.63) is 41.2 Å². The van der Waals surface area contributed by atoms with E-state index in [-0.39, 0.29) is 16.6 Å². The standard InChI is InChI=1S/C15H15ClN4O2S/c1-3-23-15-17-8-12(16)13(20-15)14(22)19-11-6-4-10(5-7-11)18-9(2)21/h4-8H,3H2,1-2H3,(H,18,21)(H,19,22). The van der Waals surface area contributed by atoms with Gasteiger partial charge in [0.1, 0.15) is 0 Å². The molecule has 0 saturated carbocycles. The molecule has 0 bridgehead atoms. The number of hydrogen-bond donors (Lipinski definition) is 2. The molecule has 0 spiro atoms. The average Bonchev–Trinajstić information content (AvgIpc) is 2.51. The van der Waals surface area contributed by atoms with Gasteiger partial charge in [0.2, 0.25) is 5.91 Å². The normalized spacial score (nSPS) is 10.2. The molecule has 120 valence electrons. The molecule has 23 heavy (non-hydrogen) atoms. The number of thioether (sulfide) groups is 1. The molecule has 0 aliphatic rings. The van der Waals surface area contributed by atoms with Crippen molar-refractivity contribution in [1.29, 1.82) is 0 Å². The van der Waals surface area contributed by atoms with Crippen molar-refractivity contribution < 1.29 is 9.59 Å². The summed E-state index contributed by atoms with van der Waals surface area (Å²) in [4.78, 5) is 31.5. The third-order valence-corrected chi connectivity index (χ3v) is 3.69. The molecule has 0 radical (unpaired) electrons. The van der Waals surface area contributed by atoms with Gasteiger partial charge in [-0.1, -0.05) is 30.3 Å². The fraction of sp³-hybridized carbons (Fsp3) is 0.200. The summed E-state index contributed by atoms with van der Waals surface area (Å²) in [6.45, 7) is 3.40. The number of rotatable bonds is 5. The van der Waals surface area contributed by atoms with Crippen LogP contribution in [-0.2, 0) is 4.79 Å². The summed E-state index contributed by atoms with van der Waals surface area (Å²) in [7, 11) is 0. The Kier molecular flexibility index (Phi) is 5.95. The van der Waals surface area contributed by atoms with Gasteiger partial charge in [0, 0.05) is 18.3 Å². The molecule has 0 atom stereocenters. The van der Waals surface area contributed by atoms with Crippen LogP contribution < -0.4 is 10.6 Å². The zero-order chi connectivity index (χ0) is 16.8. The molecule has 1 aromatic carbocycles. The molecule has 1 aromatic heterocycles. The van der Waals surface area contributed by atoms with E-state index in [1.54, 1.807) is 24.3 Å². The van der Waals surface area contributed by atoms with E-state index in [0.29, 0.717) is 16.5 Å². The van der Waals surface area contributed by atoms with Gasteiger partial charge < -0.3 is 10.6 Å². The first-order chi connectivity index (χ1) is 11.0. The van der Waals surface area contributed by atoms with E-state index in [1.807, 2.05) is 6.92 Å². The lowest BCUT2D eigenvalue weighted by Gasteiger charge is -2.08. The molecule has 0 unspecified atom stereocenters. The number of nitrogens with one attached hydrogen (secondary N) is 2. The number of carbonyl (C=O) groups excluding carboxylic acids is 2. The minimum atomic E-state index is -0.414. The van der Waals surface area contributed by atoms with Crippen molar-refractivity contribution in [3.63, 3.8) is 0 Å². The highest BCUT2D eigenvalue weighted by atomic mass is 35.5. The van der Waals surface area contributed by atoms with E-state index in [4.69, 9.17) is 11.6 Å². The third-order valence-electron chi connectivity index (χ3n) is 2.67. The summed E-state index contributed by atoms with van der Waals surface area (Å²) in [5, 5.41) is 6.06. The van der Waals surface area contributed by atoms with Crippen LogP contribution in [0.5, 0.6) is 0 Å². The lowest BCUT2D eigenvalue weighted by atomic mass is 10.2. The maximum atomic E-state index is 12.3. The van der Waals surface area contributed by atoms with Crippen molar-refractivity contribution in [1.82, 2.24) is 9.97 Å². The highest BCUT2D eigenvalue weighted by Gasteiger charge is 2.14. The second-order valence-corrected chi connectivity index (χ2v) is 6.13. The fourth-order valence-electron chi connectivity index (χ4n) is 1.74. The second-order valence-electron chi connectivity index (χ2n) is 4.49. The summed E-state index contributed by atoms with van der Waals surface area (Å²) in [5.74, 6) is 0.228. The molecule has 0 aliphatic heterocycles. The summed E-state index contributed by atoms with van der Waals surface area (Å²) < 4.78 is 0. The number of nitrogens with zero attached hydrogens (tertiary/aromatic N) is 2. The van der Waals surface area contributed by atoms with E-state index in [0.717, 1.165) is 5.75 Å². The van der Waals surface area contributed by atoms with Crippen molar-refractivity contribution in [2.75, 3.05) is 16.4 Å². The topological polar surface area (TPSA) is 84.0 Å². The lowest BCUT2D eigenvalue weighted by Crippen LogP contribution is -2.15. The molecule has 2 rings (SSSR count). The summed E-state index contributed by atoms with van der Waals surface area (Å²) in [6.07, 6.45) is 1.42. The Morgan fingerprint density at radius 1 is 1.17 bits per heavy atom. The van der Waals surface area contributed by atoms with Gasteiger partial charge in [0.05, 0.1) is 11.2 Å². The minimum absolute atomic E-state index is 0.128. The quantitative estimate of drug-likeness (QED) is 0.637. The Hall–Kier alpha value is -2.12. The van der Waals surface area contributed by atoms with E-state index >= 15 is 0 Å². The predicted molar refractivity (Wildman–Crippen MR) is 92.1 cm³/mol. The highest BCUT2D eigenvalue weighted by Crippen LogP contribution is 2.20. The highest BCUT2D eigenvalue weighted by molar-refractivity contribution is 7.99. The van der Waals surface area contributed by atoms with Crippen LogP contribution in [0.2, 0.25) is 5.02 Å². The van der Waals surface area contributed by atoms with Crippen LogP contribution in [0.15, 0.2) is 35.6 Å². The maximum absolute atomic E-state index is 12.3. The van der Waals surface area contributed by atoms with Crippen LogP contribution in [0, 0.1) is 0 Å². The van der Waals surface area contributed by atoms with Gasteiger partial charge >= 0.3 is 0 Å². The Labute approximate surface area is 143 Å². The molecule has 0 aliphatic carbocycles. The molecule has 2 amide bonds. The molecule has 6 nitrogen and oxygen atoms in total.